The average molecular weight is 250 g/mol. The smallest absolute Gasteiger partial charge is 0.141 e. The molecule has 0 radical (unpaired) electrons. The van der Waals surface area contributed by atoms with E-state index in [0.717, 1.165) is 33.6 Å². The number of benzene rings is 1. The molecule has 0 aliphatic rings. The summed E-state index contributed by atoms with van der Waals surface area (Å²) in [6.45, 7) is 3.84. The number of aryl methyl sites for hydroxylation is 2. The van der Waals surface area contributed by atoms with E-state index in [1.165, 1.54) is 0 Å². The van der Waals surface area contributed by atoms with Crippen molar-refractivity contribution in [3.05, 3.63) is 59.1 Å². The number of nitrogens with zero attached hydrogens (tertiary/aromatic N) is 2. The van der Waals surface area contributed by atoms with Crippen LogP contribution < -0.4 is 0 Å². The van der Waals surface area contributed by atoms with E-state index in [4.69, 9.17) is 4.52 Å². The summed E-state index contributed by atoms with van der Waals surface area (Å²) in [4.78, 5) is 4.60. The predicted octanol–water partition coefficient (Wildman–Crippen LogP) is 4.01. The summed E-state index contributed by atoms with van der Waals surface area (Å²) in [5, 5.41) is 5.08. The molecule has 19 heavy (non-hydrogen) atoms. The third kappa shape index (κ3) is 2.27. The zero-order chi connectivity index (χ0) is 13.2. The predicted molar refractivity (Wildman–Crippen MR) is 76.6 cm³/mol. The Hall–Kier alpha value is -2.42. The van der Waals surface area contributed by atoms with Crippen molar-refractivity contribution < 1.29 is 4.52 Å². The second kappa shape index (κ2) is 4.69. The lowest BCUT2D eigenvalue weighted by molar-refractivity contribution is 0.393. The van der Waals surface area contributed by atoms with Gasteiger partial charge in [-0.2, -0.15) is 0 Å². The van der Waals surface area contributed by atoms with Crippen molar-refractivity contribution in [2.45, 2.75) is 13.8 Å². The summed E-state index contributed by atoms with van der Waals surface area (Å²) in [5.74, 6) is 0.828. The first-order valence-corrected chi connectivity index (χ1v) is 6.21. The first-order chi connectivity index (χ1) is 9.24. The van der Waals surface area contributed by atoms with E-state index in [-0.39, 0.29) is 0 Å². The number of para-hydroxylation sites is 1. The Balaban J connectivity index is 1.97. The minimum atomic E-state index is 0.828. The molecule has 0 N–H and O–H groups in total. The Morgan fingerprint density at radius 1 is 1.00 bits per heavy atom. The van der Waals surface area contributed by atoms with Crippen LogP contribution in [0.5, 0.6) is 0 Å². The van der Waals surface area contributed by atoms with Gasteiger partial charge in [-0.1, -0.05) is 29.4 Å². The summed E-state index contributed by atoms with van der Waals surface area (Å²) >= 11 is 0. The van der Waals surface area contributed by atoms with Gasteiger partial charge < -0.3 is 4.52 Å². The van der Waals surface area contributed by atoms with Crippen LogP contribution in [0, 0.1) is 13.8 Å². The standard InChI is InChI=1S/C16H14N2O/c1-11-15(12(2)19-18-11)10-9-14-8-7-13-5-3-4-6-16(13)17-14/h3-10H,1-2H3/b10-9+. The quantitative estimate of drug-likeness (QED) is 0.689. The Morgan fingerprint density at radius 2 is 1.84 bits per heavy atom. The molecule has 2 heterocycles. The highest BCUT2D eigenvalue weighted by Crippen LogP contribution is 2.17. The molecule has 2 aromatic heterocycles. The van der Waals surface area contributed by atoms with Gasteiger partial charge >= 0.3 is 0 Å². The van der Waals surface area contributed by atoms with E-state index < -0.39 is 0 Å². The van der Waals surface area contributed by atoms with Crippen LogP contribution in [0.1, 0.15) is 22.7 Å². The molecule has 0 saturated heterocycles. The van der Waals surface area contributed by atoms with E-state index in [1.54, 1.807) is 0 Å². The molecule has 0 aliphatic carbocycles. The maximum atomic E-state index is 5.13. The fourth-order valence-corrected chi connectivity index (χ4v) is 2.07. The summed E-state index contributed by atoms with van der Waals surface area (Å²) in [6.07, 6.45) is 3.98. The molecule has 1 aromatic carbocycles. The number of hydrogen-bond donors (Lipinski definition) is 0. The van der Waals surface area contributed by atoms with Crippen LogP contribution in [0.4, 0.5) is 0 Å². The van der Waals surface area contributed by atoms with Gasteiger partial charge in [0.25, 0.3) is 0 Å². The van der Waals surface area contributed by atoms with E-state index in [0.29, 0.717) is 0 Å². The van der Waals surface area contributed by atoms with Gasteiger partial charge in [0.1, 0.15) is 5.76 Å². The van der Waals surface area contributed by atoms with Crippen LogP contribution in [0.15, 0.2) is 40.9 Å². The summed E-state index contributed by atoms with van der Waals surface area (Å²) in [7, 11) is 0. The molecule has 0 fully saturated rings. The topological polar surface area (TPSA) is 38.9 Å². The molecule has 0 atom stereocenters. The molecular formula is C16H14N2O. The monoisotopic (exact) mass is 250 g/mol. The first-order valence-electron chi connectivity index (χ1n) is 6.21. The minimum absolute atomic E-state index is 0.828. The zero-order valence-corrected chi connectivity index (χ0v) is 10.9. The second-order valence-corrected chi connectivity index (χ2v) is 4.50. The second-order valence-electron chi connectivity index (χ2n) is 4.50. The average Bonchev–Trinajstić information content (AvgIpc) is 2.76. The van der Waals surface area contributed by atoms with E-state index in [2.05, 4.69) is 22.3 Å². The van der Waals surface area contributed by atoms with Crippen LogP contribution in [0.2, 0.25) is 0 Å². The Labute approximate surface area is 111 Å². The van der Waals surface area contributed by atoms with Gasteiger partial charge in [0.2, 0.25) is 0 Å². The fraction of sp³-hybridized carbons (Fsp3) is 0.125. The third-order valence-electron chi connectivity index (χ3n) is 3.13. The molecule has 3 aromatic rings. The van der Waals surface area contributed by atoms with E-state index in [9.17, 15) is 0 Å². The van der Waals surface area contributed by atoms with Crippen molar-refractivity contribution in [3.63, 3.8) is 0 Å². The van der Waals surface area contributed by atoms with Gasteiger partial charge in [-0.15, -0.1) is 0 Å². The van der Waals surface area contributed by atoms with Crippen molar-refractivity contribution in [2.24, 2.45) is 0 Å². The highest BCUT2D eigenvalue weighted by Gasteiger charge is 2.04. The normalized spacial score (nSPS) is 11.5. The fourth-order valence-electron chi connectivity index (χ4n) is 2.07. The van der Waals surface area contributed by atoms with Gasteiger partial charge in [-0.05, 0) is 38.1 Å². The summed E-state index contributed by atoms with van der Waals surface area (Å²) in [6, 6.07) is 12.2. The lowest BCUT2D eigenvalue weighted by Gasteiger charge is -1.98. The van der Waals surface area contributed by atoms with Gasteiger partial charge in [-0.3, -0.25) is 0 Å². The SMILES string of the molecule is Cc1noc(C)c1/C=C/c1ccc2ccccc2n1. The Morgan fingerprint density at radius 3 is 2.63 bits per heavy atom. The molecule has 0 amide bonds. The van der Waals surface area contributed by atoms with E-state index >= 15 is 0 Å². The molecular weight excluding hydrogens is 236 g/mol. The largest absolute Gasteiger partial charge is 0.361 e. The van der Waals surface area contributed by atoms with Crippen molar-refractivity contribution in [3.8, 4) is 0 Å². The van der Waals surface area contributed by atoms with Crippen LogP contribution in [0.3, 0.4) is 0 Å². The van der Waals surface area contributed by atoms with Crippen molar-refractivity contribution in [1.82, 2.24) is 10.1 Å². The maximum absolute atomic E-state index is 5.13. The van der Waals surface area contributed by atoms with E-state index in [1.807, 2.05) is 50.3 Å². The molecule has 3 rings (SSSR count). The van der Waals surface area contributed by atoms with Crippen LogP contribution in [-0.2, 0) is 0 Å². The number of rotatable bonds is 2. The maximum Gasteiger partial charge on any atom is 0.141 e. The number of fused-ring (bicyclic) bond motifs is 1. The Bertz CT molecular complexity index is 737. The van der Waals surface area contributed by atoms with Crippen molar-refractivity contribution >= 4 is 23.1 Å². The van der Waals surface area contributed by atoms with Crippen molar-refractivity contribution in [1.29, 1.82) is 0 Å². The molecule has 0 bridgehead atoms. The van der Waals surface area contributed by atoms with Gasteiger partial charge in [-0.25, -0.2) is 4.98 Å². The third-order valence-corrected chi connectivity index (χ3v) is 3.13. The van der Waals surface area contributed by atoms with Crippen LogP contribution in [-0.4, -0.2) is 10.1 Å². The number of aromatic nitrogens is 2. The molecule has 3 heteroatoms. The highest BCUT2D eigenvalue weighted by molar-refractivity contribution is 5.81. The molecule has 0 spiro atoms. The van der Waals surface area contributed by atoms with Crippen molar-refractivity contribution in [2.75, 3.05) is 0 Å². The molecule has 0 aliphatic heterocycles. The van der Waals surface area contributed by atoms with Gasteiger partial charge in [0.05, 0.1) is 16.9 Å². The lowest BCUT2D eigenvalue weighted by Crippen LogP contribution is -1.83. The zero-order valence-electron chi connectivity index (χ0n) is 10.9. The lowest BCUT2D eigenvalue weighted by atomic mass is 10.1. The summed E-state index contributed by atoms with van der Waals surface area (Å²) < 4.78 is 5.13. The Kier molecular flexibility index (Phi) is 2.88. The first kappa shape index (κ1) is 11.7. The molecule has 0 unspecified atom stereocenters. The number of pyridine rings is 1. The molecule has 3 nitrogen and oxygen atoms in total. The number of hydrogen-bond acceptors (Lipinski definition) is 3. The summed E-state index contributed by atoms with van der Waals surface area (Å²) in [5.41, 5.74) is 3.85. The van der Waals surface area contributed by atoms with Gasteiger partial charge in [0.15, 0.2) is 0 Å². The minimum Gasteiger partial charge on any atom is -0.361 e. The molecule has 94 valence electrons. The van der Waals surface area contributed by atoms with Gasteiger partial charge in [0, 0.05) is 10.9 Å². The van der Waals surface area contributed by atoms with Crippen LogP contribution >= 0.6 is 0 Å². The van der Waals surface area contributed by atoms with Crippen LogP contribution in [0.25, 0.3) is 23.1 Å². The molecule has 0 saturated carbocycles. The highest BCUT2D eigenvalue weighted by atomic mass is 16.5.